The van der Waals surface area contributed by atoms with E-state index in [1.165, 1.54) is 17.4 Å². The summed E-state index contributed by atoms with van der Waals surface area (Å²) in [6, 6.07) is 1.32. The summed E-state index contributed by atoms with van der Waals surface area (Å²) in [4.78, 5) is 11.5. The molecule has 4 nitrogen and oxygen atoms in total. The van der Waals surface area contributed by atoms with Crippen LogP contribution in [0.1, 0.15) is 10.7 Å². The Labute approximate surface area is 122 Å². The molecule has 0 spiro atoms. The minimum Gasteiger partial charge on any atom is -0.384 e. The first-order valence-corrected chi connectivity index (χ1v) is 7.39. The van der Waals surface area contributed by atoms with E-state index in [0.717, 1.165) is 20.6 Å². The van der Waals surface area contributed by atoms with Crippen LogP contribution >= 0.6 is 39.0 Å². The van der Waals surface area contributed by atoms with Gasteiger partial charge >= 0.3 is 6.18 Å². The van der Waals surface area contributed by atoms with Crippen LogP contribution in [0.25, 0.3) is 0 Å². The summed E-state index contributed by atoms with van der Waals surface area (Å²) in [6.07, 6.45) is -2.95. The molecular weight excluding hydrogens is 365 g/mol. The largest absolute Gasteiger partial charge is 0.451 e. The second kappa shape index (κ2) is 5.63. The quantitative estimate of drug-likeness (QED) is 0.660. The van der Waals surface area contributed by atoms with Gasteiger partial charge in [-0.1, -0.05) is 0 Å². The zero-order valence-electron chi connectivity index (χ0n) is 9.11. The number of rotatable bonds is 3. The molecule has 0 saturated carbocycles. The predicted molar refractivity (Wildman–Crippen MR) is 70.8 cm³/mol. The molecule has 2 aromatic rings. The third-order valence-electron chi connectivity index (χ3n) is 1.86. The lowest BCUT2D eigenvalue weighted by molar-refractivity contribution is -0.145. The van der Waals surface area contributed by atoms with Crippen molar-refractivity contribution in [1.29, 1.82) is 0 Å². The molecule has 0 unspecified atom stereocenters. The van der Waals surface area contributed by atoms with Gasteiger partial charge in [0, 0.05) is 22.9 Å². The Balaban J connectivity index is 2.14. The fourth-order valence-electron chi connectivity index (χ4n) is 1.14. The zero-order valence-corrected chi connectivity index (χ0v) is 12.3. The highest BCUT2D eigenvalue weighted by Crippen LogP contribution is 2.31. The van der Waals surface area contributed by atoms with Crippen molar-refractivity contribution < 1.29 is 13.2 Å². The number of anilines is 1. The second-order valence-corrected chi connectivity index (χ2v) is 6.71. The molecular formula is C9H6BrF3N4S2. The van der Waals surface area contributed by atoms with Crippen molar-refractivity contribution in [2.45, 2.75) is 17.0 Å². The van der Waals surface area contributed by atoms with E-state index in [4.69, 9.17) is 5.73 Å². The third kappa shape index (κ3) is 4.05. The van der Waals surface area contributed by atoms with Crippen molar-refractivity contribution in [2.24, 2.45) is 0 Å². The maximum atomic E-state index is 12.5. The fraction of sp³-hybridized carbons (Fsp3) is 0.222. The fourth-order valence-corrected chi connectivity index (χ4v) is 3.42. The van der Waals surface area contributed by atoms with Gasteiger partial charge in [0.25, 0.3) is 0 Å². The molecule has 0 saturated heterocycles. The first kappa shape index (κ1) is 14.5. The molecule has 0 fully saturated rings. The van der Waals surface area contributed by atoms with E-state index < -0.39 is 12.0 Å². The summed E-state index contributed by atoms with van der Waals surface area (Å²) in [5.74, 6) is -0.951. The van der Waals surface area contributed by atoms with Crippen LogP contribution in [0, 0.1) is 0 Å². The van der Waals surface area contributed by atoms with Crippen LogP contribution in [0.5, 0.6) is 0 Å². The van der Waals surface area contributed by atoms with Gasteiger partial charge in [0.15, 0.2) is 3.92 Å². The van der Waals surface area contributed by atoms with Gasteiger partial charge in [-0.2, -0.15) is 13.2 Å². The predicted octanol–water partition coefficient (Wildman–Crippen LogP) is 3.59. The highest BCUT2D eigenvalue weighted by atomic mass is 79.9. The van der Waals surface area contributed by atoms with Gasteiger partial charge in [0.05, 0.1) is 0 Å². The number of thioether (sulfide) groups is 1. The standard InChI is InChI=1S/C9H6BrF3N4S2/c10-8-15-2-4(19-8)3-18-6-1-5(14)16-7(17-6)9(11,12)13/h1-2H,3H2,(H2,14,16,17). The van der Waals surface area contributed by atoms with Crippen LogP contribution in [-0.4, -0.2) is 15.0 Å². The van der Waals surface area contributed by atoms with E-state index in [0.29, 0.717) is 5.75 Å². The van der Waals surface area contributed by atoms with E-state index >= 15 is 0 Å². The van der Waals surface area contributed by atoms with E-state index in [-0.39, 0.29) is 10.8 Å². The Morgan fingerprint density at radius 2 is 2.11 bits per heavy atom. The van der Waals surface area contributed by atoms with Crippen LogP contribution < -0.4 is 5.73 Å². The van der Waals surface area contributed by atoms with Crippen molar-refractivity contribution in [3.05, 3.63) is 26.9 Å². The molecule has 0 bridgehead atoms. The molecule has 2 aromatic heterocycles. The van der Waals surface area contributed by atoms with Crippen LogP contribution in [0.4, 0.5) is 19.0 Å². The lowest BCUT2D eigenvalue weighted by atomic mass is 10.5. The van der Waals surface area contributed by atoms with Crippen LogP contribution in [0.3, 0.4) is 0 Å². The summed E-state index contributed by atoms with van der Waals surface area (Å²) in [6.45, 7) is 0. The van der Waals surface area contributed by atoms with Gasteiger partial charge in [-0.3, -0.25) is 0 Å². The average molecular weight is 371 g/mol. The molecule has 0 amide bonds. The number of hydrogen-bond acceptors (Lipinski definition) is 6. The molecule has 0 atom stereocenters. The number of halogens is 4. The third-order valence-corrected chi connectivity index (χ3v) is 4.48. The van der Waals surface area contributed by atoms with Crippen molar-refractivity contribution in [2.75, 3.05) is 5.73 Å². The highest BCUT2D eigenvalue weighted by molar-refractivity contribution is 9.11. The molecule has 102 valence electrons. The van der Waals surface area contributed by atoms with Gasteiger partial charge in [-0.25, -0.2) is 15.0 Å². The number of hydrogen-bond donors (Lipinski definition) is 1. The topological polar surface area (TPSA) is 64.7 Å². The van der Waals surface area contributed by atoms with Crippen LogP contribution in [0.15, 0.2) is 21.2 Å². The second-order valence-electron chi connectivity index (χ2n) is 3.32. The van der Waals surface area contributed by atoms with Gasteiger partial charge in [0.2, 0.25) is 5.82 Å². The molecule has 2 rings (SSSR count). The number of nitrogen functional groups attached to an aromatic ring is 1. The zero-order chi connectivity index (χ0) is 14.0. The van der Waals surface area contributed by atoms with Gasteiger partial charge < -0.3 is 5.73 Å². The first-order chi connectivity index (χ1) is 8.84. The maximum Gasteiger partial charge on any atom is 0.451 e. The van der Waals surface area contributed by atoms with Gasteiger partial charge in [-0.05, 0) is 15.9 Å². The van der Waals surface area contributed by atoms with Crippen LogP contribution in [-0.2, 0) is 11.9 Å². The number of nitrogens with two attached hydrogens (primary N) is 1. The maximum absolute atomic E-state index is 12.5. The summed E-state index contributed by atoms with van der Waals surface area (Å²) in [5, 5.41) is 0.185. The van der Waals surface area contributed by atoms with E-state index in [9.17, 15) is 13.2 Å². The summed E-state index contributed by atoms with van der Waals surface area (Å²) in [5.41, 5.74) is 5.35. The normalized spacial score (nSPS) is 11.8. The van der Waals surface area contributed by atoms with Crippen molar-refractivity contribution in [3.8, 4) is 0 Å². The molecule has 0 radical (unpaired) electrons. The number of nitrogens with zero attached hydrogens (tertiary/aromatic N) is 3. The molecule has 0 aliphatic carbocycles. The van der Waals surface area contributed by atoms with E-state index in [2.05, 4.69) is 30.9 Å². The number of alkyl halides is 3. The molecule has 0 aliphatic heterocycles. The average Bonchev–Trinajstić information content (AvgIpc) is 2.71. The van der Waals surface area contributed by atoms with Crippen molar-refractivity contribution >= 4 is 44.8 Å². The van der Waals surface area contributed by atoms with E-state index in [1.807, 2.05) is 0 Å². The molecule has 0 aromatic carbocycles. The van der Waals surface area contributed by atoms with Gasteiger partial charge in [-0.15, -0.1) is 23.1 Å². The molecule has 2 N–H and O–H groups in total. The summed E-state index contributed by atoms with van der Waals surface area (Å²) < 4.78 is 38.3. The minimum absolute atomic E-state index is 0.185. The highest BCUT2D eigenvalue weighted by Gasteiger charge is 2.35. The molecule has 2 heterocycles. The lowest BCUT2D eigenvalue weighted by Crippen LogP contribution is -2.12. The Morgan fingerprint density at radius 3 is 2.68 bits per heavy atom. The smallest absolute Gasteiger partial charge is 0.384 e. The Morgan fingerprint density at radius 1 is 1.37 bits per heavy atom. The Bertz CT molecular complexity index is 587. The molecule has 10 heteroatoms. The van der Waals surface area contributed by atoms with E-state index in [1.54, 1.807) is 6.20 Å². The number of thiazole rings is 1. The Kier molecular flexibility index (Phi) is 4.31. The van der Waals surface area contributed by atoms with Crippen LogP contribution in [0.2, 0.25) is 0 Å². The van der Waals surface area contributed by atoms with Crippen molar-refractivity contribution in [3.63, 3.8) is 0 Å². The minimum atomic E-state index is -4.60. The monoisotopic (exact) mass is 370 g/mol. The van der Waals surface area contributed by atoms with Gasteiger partial charge in [0.1, 0.15) is 10.8 Å². The first-order valence-electron chi connectivity index (χ1n) is 4.79. The SMILES string of the molecule is Nc1cc(SCc2cnc(Br)s2)nc(C(F)(F)F)n1. The summed E-state index contributed by atoms with van der Waals surface area (Å²) >= 11 is 5.77. The lowest BCUT2D eigenvalue weighted by Gasteiger charge is -2.07. The molecule has 19 heavy (non-hydrogen) atoms. The summed E-state index contributed by atoms with van der Waals surface area (Å²) in [7, 11) is 0. The Hall–Kier alpha value is -0.870. The van der Waals surface area contributed by atoms with Crippen molar-refractivity contribution in [1.82, 2.24) is 15.0 Å². The number of aromatic nitrogens is 3. The molecule has 0 aliphatic rings.